The van der Waals surface area contributed by atoms with E-state index in [9.17, 15) is 9.18 Å². The van der Waals surface area contributed by atoms with E-state index in [1.165, 1.54) is 18.2 Å². The lowest BCUT2D eigenvalue weighted by molar-refractivity contribution is 0.0709. The Balaban J connectivity index is 1.81. The standard InChI is InChI=1S/C15H15FN2O2/c1-10-5-8-12(20-10)9-18(11-6-7-11)15(19)13-3-2-4-14(16)17-13/h2-5,8,11H,6-7,9H2,1H3. The smallest absolute Gasteiger partial charge is 0.273 e. The van der Waals surface area contributed by atoms with Crippen LogP contribution in [0.2, 0.25) is 0 Å². The molecule has 1 aliphatic carbocycles. The molecule has 0 aliphatic heterocycles. The minimum absolute atomic E-state index is 0.139. The molecule has 5 heteroatoms. The molecule has 0 radical (unpaired) electrons. The second kappa shape index (κ2) is 5.07. The molecule has 2 aromatic heterocycles. The number of nitrogens with zero attached hydrogens (tertiary/aromatic N) is 2. The summed E-state index contributed by atoms with van der Waals surface area (Å²) in [5.41, 5.74) is 0.139. The fourth-order valence-corrected chi connectivity index (χ4v) is 2.17. The number of carbonyl (C=O) groups is 1. The number of amides is 1. The molecule has 0 spiro atoms. The Labute approximate surface area is 116 Å². The Morgan fingerprint density at radius 3 is 2.80 bits per heavy atom. The Morgan fingerprint density at radius 1 is 1.40 bits per heavy atom. The Morgan fingerprint density at radius 2 is 2.20 bits per heavy atom. The monoisotopic (exact) mass is 274 g/mol. The topological polar surface area (TPSA) is 46.3 Å². The van der Waals surface area contributed by atoms with Gasteiger partial charge in [-0.05, 0) is 44.0 Å². The molecule has 2 heterocycles. The van der Waals surface area contributed by atoms with Crippen LogP contribution in [0.3, 0.4) is 0 Å². The van der Waals surface area contributed by atoms with E-state index in [0.717, 1.165) is 24.4 Å². The van der Waals surface area contributed by atoms with Crippen molar-refractivity contribution in [1.29, 1.82) is 0 Å². The van der Waals surface area contributed by atoms with Gasteiger partial charge in [-0.3, -0.25) is 4.79 Å². The van der Waals surface area contributed by atoms with Gasteiger partial charge in [0.05, 0.1) is 6.54 Å². The van der Waals surface area contributed by atoms with Gasteiger partial charge in [0.15, 0.2) is 0 Å². The Bertz CT molecular complexity index is 634. The lowest BCUT2D eigenvalue weighted by Gasteiger charge is -2.20. The van der Waals surface area contributed by atoms with E-state index in [4.69, 9.17) is 4.42 Å². The van der Waals surface area contributed by atoms with Crippen LogP contribution in [-0.4, -0.2) is 21.8 Å². The van der Waals surface area contributed by atoms with Crippen LogP contribution in [0.5, 0.6) is 0 Å². The van der Waals surface area contributed by atoms with Gasteiger partial charge in [0.2, 0.25) is 5.95 Å². The number of rotatable bonds is 4. The molecule has 1 aliphatic rings. The third-order valence-electron chi connectivity index (χ3n) is 3.30. The predicted molar refractivity (Wildman–Crippen MR) is 70.5 cm³/mol. The van der Waals surface area contributed by atoms with Crippen LogP contribution in [0, 0.1) is 12.9 Å². The van der Waals surface area contributed by atoms with E-state index in [1.54, 1.807) is 4.90 Å². The molecule has 0 saturated heterocycles. The van der Waals surface area contributed by atoms with Crippen LogP contribution in [0.4, 0.5) is 4.39 Å². The van der Waals surface area contributed by atoms with Gasteiger partial charge in [-0.1, -0.05) is 6.07 Å². The average molecular weight is 274 g/mol. The predicted octanol–water partition coefficient (Wildman–Crippen LogP) is 2.93. The fraction of sp³-hybridized carbons (Fsp3) is 0.333. The van der Waals surface area contributed by atoms with Crippen LogP contribution in [0.15, 0.2) is 34.7 Å². The van der Waals surface area contributed by atoms with E-state index in [2.05, 4.69) is 4.98 Å². The van der Waals surface area contributed by atoms with Crippen molar-refractivity contribution in [3.05, 3.63) is 53.5 Å². The van der Waals surface area contributed by atoms with Gasteiger partial charge >= 0.3 is 0 Å². The van der Waals surface area contributed by atoms with E-state index in [-0.39, 0.29) is 17.6 Å². The first-order valence-electron chi connectivity index (χ1n) is 6.62. The summed E-state index contributed by atoms with van der Waals surface area (Å²) in [6.07, 6.45) is 1.95. The van der Waals surface area contributed by atoms with Gasteiger partial charge in [0.1, 0.15) is 17.2 Å². The lowest BCUT2D eigenvalue weighted by Crippen LogP contribution is -2.33. The van der Waals surface area contributed by atoms with Crippen LogP contribution in [-0.2, 0) is 6.54 Å². The van der Waals surface area contributed by atoms with E-state index < -0.39 is 5.95 Å². The number of aryl methyl sites for hydroxylation is 1. The minimum Gasteiger partial charge on any atom is -0.464 e. The van der Waals surface area contributed by atoms with Crippen LogP contribution >= 0.6 is 0 Å². The van der Waals surface area contributed by atoms with E-state index in [0.29, 0.717) is 6.54 Å². The summed E-state index contributed by atoms with van der Waals surface area (Å²) in [4.78, 5) is 17.8. The highest BCUT2D eigenvalue weighted by Crippen LogP contribution is 2.29. The van der Waals surface area contributed by atoms with Crippen molar-refractivity contribution in [3.8, 4) is 0 Å². The number of aromatic nitrogens is 1. The maximum atomic E-state index is 13.1. The molecule has 20 heavy (non-hydrogen) atoms. The number of carbonyl (C=O) groups excluding carboxylic acids is 1. The zero-order chi connectivity index (χ0) is 14.1. The maximum Gasteiger partial charge on any atom is 0.273 e. The third-order valence-corrected chi connectivity index (χ3v) is 3.30. The van der Waals surface area contributed by atoms with Crippen LogP contribution in [0.1, 0.15) is 34.9 Å². The molecule has 1 saturated carbocycles. The van der Waals surface area contributed by atoms with Crippen molar-refractivity contribution in [1.82, 2.24) is 9.88 Å². The van der Waals surface area contributed by atoms with Crippen molar-refractivity contribution < 1.29 is 13.6 Å². The zero-order valence-corrected chi connectivity index (χ0v) is 11.2. The summed E-state index contributed by atoms with van der Waals surface area (Å²) < 4.78 is 18.7. The molecule has 4 nitrogen and oxygen atoms in total. The molecule has 0 unspecified atom stereocenters. The van der Waals surface area contributed by atoms with Gasteiger partial charge in [-0.2, -0.15) is 4.39 Å². The SMILES string of the molecule is Cc1ccc(CN(C(=O)c2cccc(F)n2)C2CC2)o1. The summed E-state index contributed by atoms with van der Waals surface area (Å²) in [6.45, 7) is 2.26. The summed E-state index contributed by atoms with van der Waals surface area (Å²) in [6, 6.07) is 8.19. The molecule has 2 aromatic rings. The minimum atomic E-state index is -0.638. The molecule has 0 atom stereocenters. The highest BCUT2D eigenvalue weighted by atomic mass is 19.1. The van der Waals surface area contributed by atoms with Crippen molar-refractivity contribution in [2.45, 2.75) is 32.4 Å². The number of hydrogen-bond acceptors (Lipinski definition) is 3. The molecule has 1 fully saturated rings. The third kappa shape index (κ3) is 2.71. The van der Waals surface area contributed by atoms with Gasteiger partial charge in [-0.15, -0.1) is 0 Å². The second-order valence-corrected chi connectivity index (χ2v) is 5.02. The van der Waals surface area contributed by atoms with Crippen LogP contribution < -0.4 is 0 Å². The number of furan rings is 1. The lowest BCUT2D eigenvalue weighted by atomic mass is 10.3. The number of hydrogen-bond donors (Lipinski definition) is 0. The normalized spacial score (nSPS) is 14.3. The highest BCUT2D eigenvalue weighted by Gasteiger charge is 2.34. The van der Waals surface area contributed by atoms with Crippen molar-refractivity contribution in [2.24, 2.45) is 0 Å². The molecule has 3 rings (SSSR count). The first kappa shape index (κ1) is 12.8. The van der Waals surface area contributed by atoms with Gasteiger partial charge in [-0.25, -0.2) is 4.98 Å². The first-order valence-corrected chi connectivity index (χ1v) is 6.62. The Hall–Kier alpha value is -2.17. The summed E-state index contributed by atoms with van der Waals surface area (Å²) in [7, 11) is 0. The summed E-state index contributed by atoms with van der Waals surface area (Å²) >= 11 is 0. The largest absolute Gasteiger partial charge is 0.464 e. The number of halogens is 1. The summed E-state index contributed by atoms with van der Waals surface area (Å²) in [5, 5.41) is 0. The molecule has 1 amide bonds. The average Bonchev–Trinajstić information content (AvgIpc) is 3.19. The van der Waals surface area contributed by atoms with Gasteiger partial charge in [0, 0.05) is 6.04 Å². The summed E-state index contributed by atoms with van der Waals surface area (Å²) in [5.74, 6) is 0.660. The highest BCUT2D eigenvalue weighted by molar-refractivity contribution is 5.92. The van der Waals surface area contributed by atoms with Gasteiger partial charge < -0.3 is 9.32 Å². The second-order valence-electron chi connectivity index (χ2n) is 5.02. The van der Waals surface area contributed by atoms with E-state index >= 15 is 0 Å². The molecular formula is C15H15FN2O2. The number of pyridine rings is 1. The maximum absolute atomic E-state index is 13.1. The molecule has 104 valence electrons. The molecule has 0 aromatic carbocycles. The van der Waals surface area contributed by atoms with Crippen molar-refractivity contribution in [3.63, 3.8) is 0 Å². The quantitative estimate of drug-likeness (QED) is 0.805. The molecule has 0 bridgehead atoms. The molecule has 0 N–H and O–H groups in total. The first-order chi connectivity index (χ1) is 9.63. The fourth-order valence-electron chi connectivity index (χ4n) is 2.17. The molecular weight excluding hydrogens is 259 g/mol. The zero-order valence-electron chi connectivity index (χ0n) is 11.2. The van der Waals surface area contributed by atoms with Crippen molar-refractivity contribution in [2.75, 3.05) is 0 Å². The van der Waals surface area contributed by atoms with Crippen LogP contribution in [0.25, 0.3) is 0 Å². The van der Waals surface area contributed by atoms with Crippen molar-refractivity contribution >= 4 is 5.91 Å². The Kier molecular flexibility index (Phi) is 3.26. The van der Waals surface area contributed by atoms with Gasteiger partial charge in [0.25, 0.3) is 5.91 Å². The van der Waals surface area contributed by atoms with E-state index in [1.807, 2.05) is 19.1 Å².